The highest BCUT2D eigenvalue weighted by Crippen LogP contribution is 2.14. The van der Waals surface area contributed by atoms with Gasteiger partial charge in [0.2, 0.25) is 5.69 Å². The van der Waals surface area contributed by atoms with Crippen LogP contribution in [0.1, 0.15) is 0 Å². The summed E-state index contributed by atoms with van der Waals surface area (Å²) in [6.45, 7) is 3.73. The van der Waals surface area contributed by atoms with Crippen molar-refractivity contribution in [1.29, 1.82) is 0 Å². The van der Waals surface area contributed by atoms with Crippen LogP contribution in [-0.4, -0.2) is 18.3 Å². The molecule has 10 heavy (non-hydrogen) atoms. The van der Waals surface area contributed by atoms with Gasteiger partial charge < -0.3 is 0 Å². The third-order valence-corrected chi connectivity index (χ3v) is 1.52. The van der Waals surface area contributed by atoms with Gasteiger partial charge in [-0.2, -0.15) is 0 Å². The Bertz CT molecular complexity index is 238. The van der Waals surface area contributed by atoms with Gasteiger partial charge in [0.05, 0.1) is 0 Å². The number of halogens is 1. The molecule has 0 aliphatic heterocycles. The van der Waals surface area contributed by atoms with Crippen molar-refractivity contribution in [3.05, 3.63) is 29.3 Å². The van der Waals surface area contributed by atoms with E-state index in [1.807, 2.05) is 31.3 Å². The molecule has 0 saturated carbocycles. The summed E-state index contributed by atoms with van der Waals surface area (Å²) in [7, 11) is 1.89. The van der Waals surface area contributed by atoms with Crippen LogP contribution in [0.3, 0.4) is 0 Å². The molecule has 2 heteroatoms. The number of rotatable bonds is 1. The maximum absolute atomic E-state index is 5.68. The summed E-state index contributed by atoms with van der Waals surface area (Å²) in [5.41, 5.74) is 1.06. The molecule has 0 N–H and O–H groups in total. The Kier molecular flexibility index (Phi) is 2.07. The van der Waals surface area contributed by atoms with Crippen LogP contribution in [0.4, 0.5) is 5.69 Å². The predicted octanol–water partition coefficient (Wildman–Crippen LogP) is 2.31. The highest BCUT2D eigenvalue weighted by atomic mass is 35.5. The third-order valence-electron chi connectivity index (χ3n) is 1.27. The quantitative estimate of drug-likeness (QED) is 0.432. The molecule has 0 saturated heterocycles. The maximum atomic E-state index is 5.68. The summed E-state index contributed by atoms with van der Waals surface area (Å²) in [6, 6.07) is 7.54. The van der Waals surface area contributed by atoms with E-state index >= 15 is 0 Å². The van der Waals surface area contributed by atoms with Crippen LogP contribution in [-0.2, 0) is 0 Å². The normalized spacial score (nSPS) is 9.40. The summed E-state index contributed by atoms with van der Waals surface area (Å²) in [5, 5.41) is 0.755. The first kappa shape index (κ1) is 7.29. The lowest BCUT2D eigenvalue weighted by Gasteiger charge is -1.92. The lowest BCUT2D eigenvalue weighted by atomic mass is 10.3. The van der Waals surface area contributed by atoms with E-state index in [1.165, 1.54) is 0 Å². The molecule has 0 unspecified atom stereocenters. The van der Waals surface area contributed by atoms with E-state index in [9.17, 15) is 0 Å². The topological polar surface area (TPSA) is 3.01 Å². The van der Waals surface area contributed by atoms with Gasteiger partial charge in [0.1, 0.15) is 13.8 Å². The van der Waals surface area contributed by atoms with Crippen molar-refractivity contribution in [2.45, 2.75) is 0 Å². The zero-order chi connectivity index (χ0) is 7.56. The van der Waals surface area contributed by atoms with Gasteiger partial charge in [-0.05, 0) is 12.1 Å². The Morgan fingerprint density at radius 2 is 1.80 bits per heavy atom. The summed E-state index contributed by atoms with van der Waals surface area (Å²) in [4.78, 5) is 0. The SMILES string of the molecule is C=[N+](C)c1ccc(Cl)cc1. The van der Waals surface area contributed by atoms with Gasteiger partial charge in [0, 0.05) is 17.2 Å². The van der Waals surface area contributed by atoms with Gasteiger partial charge in [-0.25, -0.2) is 4.58 Å². The number of benzene rings is 1. The highest BCUT2D eigenvalue weighted by Gasteiger charge is 1.96. The van der Waals surface area contributed by atoms with Crippen LogP contribution in [0.2, 0.25) is 5.02 Å². The van der Waals surface area contributed by atoms with Gasteiger partial charge in [0.25, 0.3) is 0 Å². The van der Waals surface area contributed by atoms with Gasteiger partial charge in [-0.3, -0.25) is 0 Å². The lowest BCUT2D eigenvalue weighted by Crippen LogP contribution is -1.90. The molecule has 0 aliphatic rings. The number of hydrogen-bond acceptors (Lipinski definition) is 0. The Labute approximate surface area is 65.6 Å². The molecule has 1 rings (SSSR count). The minimum Gasteiger partial charge on any atom is -0.208 e. The van der Waals surface area contributed by atoms with E-state index in [-0.39, 0.29) is 0 Å². The molecule has 0 fully saturated rings. The smallest absolute Gasteiger partial charge is 0.204 e. The molecule has 0 atom stereocenters. The van der Waals surface area contributed by atoms with E-state index < -0.39 is 0 Å². The molecule has 0 amide bonds. The second-order valence-corrected chi connectivity index (χ2v) is 2.61. The van der Waals surface area contributed by atoms with Crippen molar-refractivity contribution in [2.75, 3.05) is 7.05 Å². The highest BCUT2D eigenvalue weighted by molar-refractivity contribution is 6.30. The molecule has 0 aromatic heterocycles. The van der Waals surface area contributed by atoms with E-state index in [0.717, 1.165) is 10.7 Å². The second kappa shape index (κ2) is 2.84. The zero-order valence-electron chi connectivity index (χ0n) is 5.84. The van der Waals surface area contributed by atoms with Crippen molar-refractivity contribution in [3.8, 4) is 0 Å². The molecule has 0 radical (unpaired) electrons. The molecular formula is C8H9ClN+. The van der Waals surface area contributed by atoms with Crippen LogP contribution in [0.15, 0.2) is 24.3 Å². The summed E-state index contributed by atoms with van der Waals surface area (Å²) in [6.07, 6.45) is 0. The van der Waals surface area contributed by atoms with Crippen molar-refractivity contribution in [1.82, 2.24) is 0 Å². The van der Waals surface area contributed by atoms with Crippen molar-refractivity contribution >= 4 is 24.0 Å². The molecule has 0 spiro atoms. The Morgan fingerprint density at radius 3 is 2.20 bits per heavy atom. The van der Waals surface area contributed by atoms with Gasteiger partial charge >= 0.3 is 0 Å². The van der Waals surface area contributed by atoms with Crippen LogP contribution in [0.5, 0.6) is 0 Å². The first-order chi connectivity index (χ1) is 4.70. The Balaban J connectivity index is 3.00. The Morgan fingerprint density at radius 1 is 1.30 bits per heavy atom. The maximum Gasteiger partial charge on any atom is 0.204 e. The van der Waals surface area contributed by atoms with E-state index in [0.29, 0.717) is 0 Å². The van der Waals surface area contributed by atoms with Gasteiger partial charge in [-0.15, -0.1) is 0 Å². The molecule has 1 nitrogen and oxygen atoms in total. The molecule has 1 aromatic rings. The monoisotopic (exact) mass is 154 g/mol. The fourth-order valence-electron chi connectivity index (χ4n) is 0.696. The fraction of sp³-hybridized carbons (Fsp3) is 0.125. The van der Waals surface area contributed by atoms with Gasteiger partial charge in [-0.1, -0.05) is 11.6 Å². The molecule has 52 valence electrons. The average Bonchev–Trinajstić information content (AvgIpc) is 1.88. The molecule has 1 aromatic carbocycles. The molecule has 0 bridgehead atoms. The first-order valence-corrected chi connectivity index (χ1v) is 3.38. The van der Waals surface area contributed by atoms with E-state index in [4.69, 9.17) is 11.6 Å². The molecular weight excluding hydrogens is 146 g/mol. The summed E-state index contributed by atoms with van der Waals surface area (Å²) < 4.78 is 1.79. The third kappa shape index (κ3) is 1.58. The van der Waals surface area contributed by atoms with Crippen molar-refractivity contribution in [2.24, 2.45) is 0 Å². The number of hydrogen-bond donors (Lipinski definition) is 0. The lowest BCUT2D eigenvalue weighted by molar-refractivity contribution is -0.394. The number of nitrogens with zero attached hydrogens (tertiary/aromatic N) is 1. The molecule has 0 heterocycles. The van der Waals surface area contributed by atoms with Crippen LogP contribution < -0.4 is 0 Å². The van der Waals surface area contributed by atoms with Gasteiger partial charge in [0.15, 0.2) is 0 Å². The van der Waals surface area contributed by atoms with E-state index in [1.54, 1.807) is 4.58 Å². The zero-order valence-corrected chi connectivity index (χ0v) is 6.60. The minimum absolute atomic E-state index is 0.755. The largest absolute Gasteiger partial charge is 0.208 e. The summed E-state index contributed by atoms with van der Waals surface area (Å²) >= 11 is 5.68. The van der Waals surface area contributed by atoms with Crippen LogP contribution in [0.25, 0.3) is 0 Å². The predicted molar refractivity (Wildman–Crippen MR) is 44.4 cm³/mol. The van der Waals surface area contributed by atoms with Crippen molar-refractivity contribution < 1.29 is 4.58 Å². The average molecular weight is 155 g/mol. The standard InChI is InChI=1S/C8H9ClN/c1-10(2)8-5-3-7(9)4-6-8/h3-6H,1H2,2H3/q+1. The van der Waals surface area contributed by atoms with E-state index in [2.05, 4.69) is 6.72 Å². The van der Waals surface area contributed by atoms with Crippen LogP contribution in [0, 0.1) is 0 Å². The Hall–Kier alpha value is -0.820. The summed E-state index contributed by atoms with van der Waals surface area (Å²) in [5.74, 6) is 0. The fourth-order valence-corrected chi connectivity index (χ4v) is 0.822. The van der Waals surface area contributed by atoms with Crippen molar-refractivity contribution in [3.63, 3.8) is 0 Å². The second-order valence-electron chi connectivity index (χ2n) is 2.17. The molecule has 0 aliphatic carbocycles. The van der Waals surface area contributed by atoms with Crippen LogP contribution >= 0.6 is 11.6 Å². The first-order valence-electron chi connectivity index (χ1n) is 3.00. The minimum atomic E-state index is 0.755.